The Labute approximate surface area is 216 Å². The third-order valence-electron chi connectivity index (χ3n) is 6.41. The molecule has 0 amide bonds. The van der Waals surface area contributed by atoms with Gasteiger partial charge in [-0.1, -0.05) is 36.4 Å². The first-order valence-corrected chi connectivity index (χ1v) is 11.7. The third kappa shape index (κ3) is 3.79. The zero-order chi connectivity index (χ0) is 26.6. The highest BCUT2D eigenvalue weighted by atomic mass is 16.6. The molecule has 0 spiro atoms. The van der Waals surface area contributed by atoms with Crippen LogP contribution in [0.5, 0.6) is 23.0 Å². The molecule has 2 aliphatic rings. The van der Waals surface area contributed by atoms with Crippen molar-refractivity contribution in [2.75, 3.05) is 0 Å². The number of rotatable bonds is 5. The second-order valence-corrected chi connectivity index (χ2v) is 8.88. The number of fused-ring (bicyclic) bond motifs is 2. The van der Waals surface area contributed by atoms with Crippen LogP contribution in [0.3, 0.4) is 0 Å². The van der Waals surface area contributed by atoms with Crippen molar-refractivity contribution < 1.29 is 38.1 Å². The molecule has 2 heterocycles. The van der Waals surface area contributed by atoms with E-state index >= 15 is 0 Å². The van der Waals surface area contributed by atoms with E-state index in [2.05, 4.69) is 0 Å². The molecule has 186 valence electrons. The van der Waals surface area contributed by atoms with Crippen molar-refractivity contribution in [2.45, 2.75) is 13.8 Å². The topological polar surface area (TPSA) is 105 Å². The van der Waals surface area contributed by atoms with Crippen LogP contribution in [0.1, 0.15) is 52.6 Å². The average Bonchev–Trinajstić information content (AvgIpc) is 3.33. The van der Waals surface area contributed by atoms with Gasteiger partial charge in [-0.3, -0.25) is 0 Å². The third-order valence-corrected chi connectivity index (χ3v) is 6.41. The Morgan fingerprint density at radius 3 is 1.16 bits per heavy atom. The highest BCUT2D eigenvalue weighted by molar-refractivity contribution is 6.17. The van der Waals surface area contributed by atoms with Crippen LogP contribution in [-0.4, -0.2) is 23.9 Å². The molecular weight excluding hydrogens is 488 g/mol. The molecule has 38 heavy (non-hydrogen) atoms. The number of benzene rings is 4. The van der Waals surface area contributed by atoms with Crippen LogP contribution in [0.4, 0.5) is 0 Å². The van der Waals surface area contributed by atoms with Gasteiger partial charge < -0.3 is 18.9 Å². The minimum absolute atomic E-state index is 0.0446. The summed E-state index contributed by atoms with van der Waals surface area (Å²) in [7, 11) is 0. The molecule has 0 unspecified atom stereocenters. The lowest BCUT2D eigenvalue weighted by atomic mass is 9.95. The lowest BCUT2D eigenvalue weighted by molar-refractivity contribution is 0.0425. The summed E-state index contributed by atoms with van der Waals surface area (Å²) < 4.78 is 22.1. The van der Waals surface area contributed by atoms with E-state index in [1.165, 1.54) is 24.3 Å². The summed E-state index contributed by atoms with van der Waals surface area (Å²) in [4.78, 5) is 49.6. The number of esters is 4. The van der Waals surface area contributed by atoms with E-state index in [1.54, 1.807) is 24.3 Å². The predicted molar refractivity (Wildman–Crippen MR) is 134 cm³/mol. The van der Waals surface area contributed by atoms with Crippen molar-refractivity contribution >= 4 is 23.9 Å². The van der Waals surface area contributed by atoms with Crippen molar-refractivity contribution in [1.29, 1.82) is 0 Å². The van der Waals surface area contributed by atoms with E-state index < -0.39 is 23.9 Å². The second-order valence-electron chi connectivity index (χ2n) is 8.88. The van der Waals surface area contributed by atoms with Crippen LogP contribution in [0, 0.1) is 13.8 Å². The minimum atomic E-state index is -0.800. The molecule has 0 aromatic heterocycles. The molecule has 0 bridgehead atoms. The van der Waals surface area contributed by atoms with E-state index in [4.69, 9.17) is 18.9 Å². The first kappa shape index (κ1) is 23.2. The Kier molecular flexibility index (Phi) is 5.31. The van der Waals surface area contributed by atoms with E-state index in [1.807, 2.05) is 38.1 Å². The molecule has 4 aromatic rings. The summed E-state index contributed by atoms with van der Waals surface area (Å²) in [6, 6.07) is 20.4. The number of ether oxygens (including phenoxy) is 4. The van der Waals surface area contributed by atoms with E-state index in [0.29, 0.717) is 22.6 Å². The average molecular weight is 506 g/mol. The highest BCUT2D eigenvalue weighted by Crippen LogP contribution is 2.45. The Bertz CT molecular complexity index is 1590. The van der Waals surface area contributed by atoms with Gasteiger partial charge in [0.1, 0.15) is 23.0 Å². The lowest BCUT2D eigenvalue weighted by Crippen LogP contribution is -2.01. The molecule has 8 nitrogen and oxygen atoms in total. The number of aryl methyl sites for hydroxylation is 2. The van der Waals surface area contributed by atoms with Crippen molar-refractivity contribution in [3.05, 3.63) is 106 Å². The van der Waals surface area contributed by atoms with Crippen LogP contribution in [0.2, 0.25) is 0 Å². The fourth-order valence-electron chi connectivity index (χ4n) is 4.39. The molecule has 0 fully saturated rings. The maximum Gasteiger partial charge on any atom is 0.347 e. The zero-order valence-corrected chi connectivity index (χ0v) is 20.2. The monoisotopic (exact) mass is 506 g/mol. The summed E-state index contributed by atoms with van der Waals surface area (Å²) in [5, 5.41) is 0. The molecule has 0 radical (unpaired) electrons. The fourth-order valence-corrected chi connectivity index (χ4v) is 4.39. The molecule has 4 aromatic carbocycles. The Morgan fingerprint density at radius 2 is 0.789 bits per heavy atom. The summed E-state index contributed by atoms with van der Waals surface area (Å²) in [6.45, 7) is 3.73. The molecule has 0 N–H and O–H groups in total. The van der Waals surface area contributed by atoms with Gasteiger partial charge in [-0.2, -0.15) is 0 Å². The summed E-state index contributed by atoms with van der Waals surface area (Å²) in [5.41, 5.74) is 2.55. The molecule has 8 heteroatoms. The molecule has 2 aliphatic heterocycles. The number of hydrogen-bond donors (Lipinski definition) is 0. The van der Waals surface area contributed by atoms with Gasteiger partial charge in [0.25, 0.3) is 0 Å². The van der Waals surface area contributed by atoms with E-state index in [9.17, 15) is 19.2 Å². The molecule has 0 aliphatic carbocycles. The molecule has 6 rings (SSSR count). The molecule has 0 saturated heterocycles. The van der Waals surface area contributed by atoms with Crippen LogP contribution < -0.4 is 9.47 Å². The van der Waals surface area contributed by atoms with Crippen molar-refractivity contribution in [3.8, 4) is 34.1 Å². The van der Waals surface area contributed by atoms with Gasteiger partial charge in [-0.25, -0.2) is 19.2 Å². The number of carbonyl (C=O) groups excluding carboxylic acids is 4. The van der Waals surface area contributed by atoms with E-state index in [0.717, 1.165) is 11.1 Å². The fraction of sp³-hybridized carbons (Fsp3) is 0.0667. The summed E-state index contributed by atoms with van der Waals surface area (Å²) in [5.74, 6) is -1.70. The van der Waals surface area contributed by atoms with Crippen molar-refractivity contribution in [1.82, 2.24) is 0 Å². The van der Waals surface area contributed by atoms with Gasteiger partial charge in [0.05, 0.1) is 22.3 Å². The quantitative estimate of drug-likeness (QED) is 0.234. The Morgan fingerprint density at radius 1 is 0.447 bits per heavy atom. The largest absolute Gasteiger partial charge is 0.456 e. The molecular formula is C30H18O8. The molecule has 0 atom stereocenters. The van der Waals surface area contributed by atoms with Crippen molar-refractivity contribution in [2.24, 2.45) is 0 Å². The van der Waals surface area contributed by atoms with E-state index in [-0.39, 0.29) is 33.8 Å². The Balaban J connectivity index is 1.61. The van der Waals surface area contributed by atoms with Gasteiger partial charge in [0.2, 0.25) is 0 Å². The van der Waals surface area contributed by atoms with Gasteiger partial charge in [-0.05, 0) is 61.4 Å². The Hall–Kier alpha value is -5.24. The first-order chi connectivity index (χ1) is 18.3. The normalized spacial score (nSPS) is 13.6. The maximum atomic E-state index is 12.5. The second kappa shape index (κ2) is 8.70. The van der Waals surface area contributed by atoms with Crippen molar-refractivity contribution in [3.63, 3.8) is 0 Å². The summed E-state index contributed by atoms with van der Waals surface area (Å²) >= 11 is 0. The van der Waals surface area contributed by atoms with Gasteiger partial charge >= 0.3 is 23.9 Å². The van der Waals surface area contributed by atoms with Gasteiger partial charge in [0.15, 0.2) is 0 Å². The van der Waals surface area contributed by atoms with Crippen LogP contribution in [0.15, 0.2) is 72.8 Å². The number of carbonyl (C=O) groups is 4. The summed E-state index contributed by atoms with van der Waals surface area (Å²) in [6.07, 6.45) is 0. The van der Waals surface area contributed by atoms with Gasteiger partial charge in [0, 0.05) is 11.1 Å². The SMILES string of the molecule is Cc1ccccc1Oc1cc2c(cc1-c1cc3c(cc1Oc1ccccc1C)C(=O)OC3=O)C(=O)OC2=O. The van der Waals surface area contributed by atoms with Crippen LogP contribution in [0.25, 0.3) is 11.1 Å². The predicted octanol–water partition coefficient (Wildman–Crippen LogP) is 6.18. The van der Waals surface area contributed by atoms with Crippen LogP contribution in [-0.2, 0) is 9.47 Å². The number of cyclic esters (lactones) is 4. The lowest BCUT2D eigenvalue weighted by Gasteiger charge is -2.18. The zero-order valence-electron chi connectivity index (χ0n) is 20.2. The first-order valence-electron chi connectivity index (χ1n) is 11.7. The molecule has 0 saturated carbocycles. The minimum Gasteiger partial charge on any atom is -0.456 e. The maximum absolute atomic E-state index is 12.5. The standard InChI is InChI=1S/C30H18O8/c1-15-7-3-5-9-23(15)35-25-13-21-19(27(31)37-29(21)33)11-17(25)18-12-20-22(30(34)38-28(20)32)14-26(18)36-24-10-6-4-8-16(24)2/h3-14H,1-2H3. The number of hydrogen-bond acceptors (Lipinski definition) is 8. The smallest absolute Gasteiger partial charge is 0.347 e. The highest BCUT2D eigenvalue weighted by Gasteiger charge is 2.35. The van der Waals surface area contributed by atoms with Gasteiger partial charge in [-0.15, -0.1) is 0 Å². The van der Waals surface area contributed by atoms with Crippen LogP contribution >= 0.6 is 0 Å². The number of para-hydroxylation sites is 2.